The van der Waals surface area contributed by atoms with Crippen LogP contribution in [0, 0.1) is 12.8 Å². The van der Waals surface area contributed by atoms with E-state index in [1.54, 1.807) is 42.0 Å². The number of carbonyl (C=O) groups excluding carboxylic acids is 1. The van der Waals surface area contributed by atoms with Crippen LogP contribution < -0.4 is 10.1 Å². The number of rotatable bonds is 6. The number of anilines is 1. The minimum absolute atomic E-state index is 0.0501. The Labute approximate surface area is 181 Å². The second kappa shape index (κ2) is 7.40. The maximum Gasteiger partial charge on any atom is 0.274 e. The van der Waals surface area contributed by atoms with Gasteiger partial charge in [-0.1, -0.05) is 17.3 Å². The summed E-state index contributed by atoms with van der Waals surface area (Å²) in [4.78, 5) is 21.4. The van der Waals surface area contributed by atoms with E-state index >= 15 is 0 Å². The summed E-state index contributed by atoms with van der Waals surface area (Å²) >= 11 is 0. The Morgan fingerprint density at radius 3 is 2.91 bits per heavy atom. The van der Waals surface area contributed by atoms with Gasteiger partial charge in [0.2, 0.25) is 11.7 Å². The maximum absolute atomic E-state index is 13.1. The number of hydrogen-bond donors (Lipinski definition) is 1. The average Bonchev–Trinajstić information content (AvgIpc) is 3.15. The predicted molar refractivity (Wildman–Crippen MR) is 111 cm³/mol. The highest BCUT2D eigenvalue weighted by atomic mass is 19.3. The number of alkyl halides is 2. The molecule has 0 saturated heterocycles. The lowest BCUT2D eigenvalue weighted by Crippen LogP contribution is -2.15. The van der Waals surface area contributed by atoms with Gasteiger partial charge in [0.05, 0.1) is 13.3 Å². The minimum atomic E-state index is -2.64. The van der Waals surface area contributed by atoms with Crippen LogP contribution in [0.3, 0.4) is 0 Å². The Balaban J connectivity index is 1.36. The quantitative estimate of drug-likeness (QED) is 0.485. The van der Waals surface area contributed by atoms with Gasteiger partial charge in [0.15, 0.2) is 0 Å². The lowest BCUT2D eigenvalue weighted by molar-refractivity contribution is 0.0969. The van der Waals surface area contributed by atoms with Crippen LogP contribution >= 0.6 is 0 Å². The van der Waals surface area contributed by atoms with Crippen molar-refractivity contribution >= 4 is 17.2 Å². The van der Waals surface area contributed by atoms with Crippen LogP contribution in [-0.2, 0) is 6.42 Å². The van der Waals surface area contributed by atoms with Gasteiger partial charge in [0.1, 0.15) is 17.1 Å². The summed E-state index contributed by atoms with van der Waals surface area (Å²) in [6, 6.07) is 8.79. The third-order valence-electron chi connectivity index (χ3n) is 5.54. The third kappa shape index (κ3) is 3.68. The molecular formula is C22H19F2N5O3. The van der Waals surface area contributed by atoms with Crippen molar-refractivity contribution in [2.45, 2.75) is 25.7 Å². The van der Waals surface area contributed by atoms with E-state index in [2.05, 4.69) is 20.4 Å². The second-order valence-electron chi connectivity index (χ2n) is 7.80. The number of nitrogens with zero attached hydrogens (tertiary/aromatic N) is 4. The molecule has 1 aromatic carbocycles. The fraction of sp³-hybridized carbons (Fsp3) is 0.273. The van der Waals surface area contributed by atoms with Gasteiger partial charge < -0.3 is 14.6 Å². The van der Waals surface area contributed by atoms with Gasteiger partial charge in [0, 0.05) is 42.3 Å². The van der Waals surface area contributed by atoms with E-state index in [1.807, 2.05) is 13.0 Å². The maximum atomic E-state index is 13.1. The van der Waals surface area contributed by atoms with Crippen molar-refractivity contribution in [2.24, 2.45) is 5.92 Å². The molecule has 1 fully saturated rings. The van der Waals surface area contributed by atoms with Crippen LogP contribution in [0.4, 0.5) is 14.5 Å². The number of halogens is 2. The Morgan fingerprint density at radius 1 is 1.34 bits per heavy atom. The molecule has 164 valence electrons. The lowest BCUT2D eigenvalue weighted by atomic mass is 10.1. The van der Waals surface area contributed by atoms with Crippen LogP contribution in [0.25, 0.3) is 17.0 Å². The summed E-state index contributed by atoms with van der Waals surface area (Å²) in [5, 5.41) is 6.79. The average molecular weight is 439 g/mol. The fourth-order valence-electron chi connectivity index (χ4n) is 3.50. The van der Waals surface area contributed by atoms with Gasteiger partial charge in [-0.2, -0.15) is 4.98 Å². The van der Waals surface area contributed by atoms with E-state index < -0.39 is 11.8 Å². The Bertz CT molecular complexity index is 1330. The molecule has 0 bridgehead atoms. The monoisotopic (exact) mass is 439 g/mol. The van der Waals surface area contributed by atoms with Gasteiger partial charge in [-0.25, -0.2) is 13.8 Å². The number of pyridine rings is 1. The molecule has 3 heterocycles. The zero-order valence-corrected chi connectivity index (χ0v) is 17.3. The van der Waals surface area contributed by atoms with E-state index in [0.29, 0.717) is 28.3 Å². The highest BCUT2D eigenvalue weighted by Gasteiger charge is 2.57. The van der Waals surface area contributed by atoms with Crippen LogP contribution in [-0.4, -0.2) is 38.5 Å². The van der Waals surface area contributed by atoms with E-state index in [-0.39, 0.29) is 30.5 Å². The van der Waals surface area contributed by atoms with Crippen molar-refractivity contribution in [1.82, 2.24) is 19.5 Å². The number of aromatic nitrogens is 4. The van der Waals surface area contributed by atoms with Gasteiger partial charge in [-0.15, -0.1) is 0 Å². The molecule has 1 saturated carbocycles. The number of imidazole rings is 1. The first-order chi connectivity index (χ1) is 15.3. The zero-order chi connectivity index (χ0) is 22.5. The first kappa shape index (κ1) is 20.1. The summed E-state index contributed by atoms with van der Waals surface area (Å²) < 4.78 is 38.3. The minimum Gasteiger partial charge on any atom is -0.497 e. The SMILES string of the molecule is COc1ccn2c(C(=O)Nc3cc(-c4noc(CC5CC5(F)F)n4)ccc3C)cnc2c1. The highest BCUT2D eigenvalue weighted by molar-refractivity contribution is 6.04. The molecule has 1 N–H and O–H groups in total. The Hall–Kier alpha value is -3.82. The Morgan fingerprint density at radius 2 is 2.16 bits per heavy atom. The molecule has 4 aromatic rings. The zero-order valence-electron chi connectivity index (χ0n) is 17.3. The third-order valence-corrected chi connectivity index (χ3v) is 5.54. The van der Waals surface area contributed by atoms with Gasteiger partial charge in [-0.05, 0) is 24.6 Å². The molecule has 32 heavy (non-hydrogen) atoms. The number of ether oxygens (including phenoxy) is 1. The van der Waals surface area contributed by atoms with Gasteiger partial charge in [-0.3, -0.25) is 9.20 Å². The summed E-state index contributed by atoms with van der Waals surface area (Å²) in [6.45, 7) is 1.86. The molecule has 1 aliphatic carbocycles. The number of nitrogens with one attached hydrogen (secondary N) is 1. The van der Waals surface area contributed by atoms with Crippen LogP contribution in [0.5, 0.6) is 5.75 Å². The number of hydrogen-bond acceptors (Lipinski definition) is 6. The molecule has 5 rings (SSSR count). The second-order valence-corrected chi connectivity index (χ2v) is 7.80. The summed E-state index contributed by atoms with van der Waals surface area (Å²) in [7, 11) is 1.56. The lowest BCUT2D eigenvalue weighted by Gasteiger charge is -2.09. The molecule has 0 aliphatic heterocycles. The van der Waals surface area contributed by atoms with Gasteiger partial charge >= 0.3 is 0 Å². The van der Waals surface area contributed by atoms with Crippen molar-refractivity contribution < 1.29 is 22.8 Å². The van der Waals surface area contributed by atoms with E-state index in [1.165, 1.54) is 6.20 Å². The number of methoxy groups -OCH3 is 1. The van der Waals surface area contributed by atoms with E-state index in [4.69, 9.17) is 9.26 Å². The molecule has 3 aromatic heterocycles. The first-order valence-electron chi connectivity index (χ1n) is 9.98. The standard InChI is InChI=1S/C22H19F2N5O3/c1-12-3-4-13(20-27-19(32-28-20)8-14-10-22(14,23)24)7-16(12)26-21(30)17-11-25-18-9-15(31-2)5-6-29(17)18/h3-7,9,11,14H,8,10H2,1-2H3,(H,26,30). The van der Waals surface area contributed by atoms with Crippen molar-refractivity contribution in [3.63, 3.8) is 0 Å². The largest absolute Gasteiger partial charge is 0.497 e. The number of benzene rings is 1. The molecule has 1 atom stereocenters. The van der Waals surface area contributed by atoms with E-state index in [0.717, 1.165) is 5.56 Å². The normalized spacial score (nSPS) is 16.8. The molecule has 10 heteroatoms. The topological polar surface area (TPSA) is 94.6 Å². The van der Waals surface area contributed by atoms with Crippen molar-refractivity contribution in [1.29, 1.82) is 0 Å². The summed E-state index contributed by atoms with van der Waals surface area (Å²) in [5.74, 6) is -2.63. The van der Waals surface area contributed by atoms with Crippen molar-refractivity contribution in [2.75, 3.05) is 12.4 Å². The summed E-state index contributed by atoms with van der Waals surface area (Å²) in [5.41, 5.74) is 2.95. The molecular weight excluding hydrogens is 420 g/mol. The molecule has 0 radical (unpaired) electrons. The van der Waals surface area contributed by atoms with Crippen molar-refractivity contribution in [3.8, 4) is 17.1 Å². The predicted octanol–water partition coefficient (Wildman–Crippen LogP) is 4.15. The smallest absolute Gasteiger partial charge is 0.274 e. The highest BCUT2D eigenvalue weighted by Crippen LogP contribution is 2.50. The number of aryl methyl sites for hydroxylation is 1. The Kier molecular flexibility index (Phi) is 4.65. The van der Waals surface area contributed by atoms with Crippen LogP contribution in [0.2, 0.25) is 0 Å². The molecule has 0 spiro atoms. The van der Waals surface area contributed by atoms with Crippen LogP contribution in [0.15, 0.2) is 47.2 Å². The fourth-order valence-corrected chi connectivity index (χ4v) is 3.50. The number of amides is 1. The molecule has 1 aliphatic rings. The molecule has 1 amide bonds. The number of carbonyl (C=O) groups is 1. The summed E-state index contributed by atoms with van der Waals surface area (Å²) in [6.07, 6.45) is 3.10. The molecule has 1 unspecified atom stereocenters. The molecule has 8 nitrogen and oxygen atoms in total. The first-order valence-corrected chi connectivity index (χ1v) is 9.98. The van der Waals surface area contributed by atoms with Crippen LogP contribution in [0.1, 0.15) is 28.4 Å². The van der Waals surface area contributed by atoms with Gasteiger partial charge in [0.25, 0.3) is 11.8 Å². The van der Waals surface area contributed by atoms with Crippen molar-refractivity contribution in [3.05, 3.63) is 59.9 Å². The van der Waals surface area contributed by atoms with E-state index in [9.17, 15) is 13.6 Å². The number of fused-ring (bicyclic) bond motifs is 1.